The molecule has 0 radical (unpaired) electrons. The maximum Gasteiger partial charge on any atom is 0.490 e. The van der Waals surface area contributed by atoms with E-state index in [0.29, 0.717) is 31.7 Å². The number of benzene rings is 2. The molecule has 190 valence electrons. The monoisotopic (exact) mass is 517 g/mol. The Labute approximate surface area is 199 Å². The van der Waals surface area contributed by atoms with Gasteiger partial charge in [-0.25, -0.2) is 17.6 Å². The Morgan fingerprint density at radius 1 is 1.06 bits per heavy atom. The van der Waals surface area contributed by atoms with Gasteiger partial charge in [0.1, 0.15) is 5.82 Å². The second-order valence-electron chi connectivity index (χ2n) is 8.24. The second-order valence-corrected chi connectivity index (χ2v) is 10.2. The van der Waals surface area contributed by atoms with Crippen LogP contribution in [0, 0.1) is 5.82 Å². The molecule has 2 heterocycles. The summed E-state index contributed by atoms with van der Waals surface area (Å²) < 4.78 is 72.9. The van der Waals surface area contributed by atoms with Gasteiger partial charge in [0.25, 0.3) is 0 Å². The average molecular weight is 518 g/mol. The van der Waals surface area contributed by atoms with Crippen molar-refractivity contribution in [3.8, 4) is 0 Å². The molecule has 0 saturated carbocycles. The van der Waals surface area contributed by atoms with Crippen LogP contribution in [0.25, 0.3) is 0 Å². The van der Waals surface area contributed by atoms with Crippen molar-refractivity contribution in [2.75, 3.05) is 38.1 Å². The highest BCUT2D eigenvalue weighted by Gasteiger charge is 2.50. The molecule has 1 N–H and O–H groups in total. The molecule has 1 spiro atoms. The summed E-state index contributed by atoms with van der Waals surface area (Å²) in [6.45, 7) is 1.16. The molecule has 2 aromatic rings. The number of likely N-dealkylation sites (N-methyl/N-ethyl adjacent to an activating group) is 1. The molecule has 1 amide bonds. The molecule has 8 nitrogen and oxygen atoms in total. The van der Waals surface area contributed by atoms with Crippen molar-refractivity contribution in [1.29, 1.82) is 0 Å². The minimum Gasteiger partial charge on any atom is -0.475 e. The highest BCUT2D eigenvalue weighted by Crippen LogP contribution is 2.35. The molecule has 2 aliphatic rings. The van der Waals surface area contributed by atoms with Gasteiger partial charge >= 0.3 is 12.1 Å². The number of aliphatic carboxylic acids is 1. The van der Waals surface area contributed by atoms with Crippen LogP contribution < -0.4 is 4.90 Å². The van der Waals surface area contributed by atoms with E-state index >= 15 is 0 Å². The highest BCUT2D eigenvalue weighted by molar-refractivity contribution is 7.89. The van der Waals surface area contributed by atoms with Gasteiger partial charge in [0.15, 0.2) is 0 Å². The molecule has 2 aromatic carbocycles. The number of halogens is 4. The molecular weight excluding hydrogens is 494 g/mol. The van der Waals surface area contributed by atoms with E-state index in [1.165, 1.54) is 16.4 Å². The van der Waals surface area contributed by atoms with E-state index in [0.717, 1.165) is 0 Å². The Morgan fingerprint density at radius 2 is 1.69 bits per heavy atom. The summed E-state index contributed by atoms with van der Waals surface area (Å²) in [7, 11) is -1.75. The molecule has 35 heavy (non-hydrogen) atoms. The van der Waals surface area contributed by atoms with Crippen molar-refractivity contribution in [3.63, 3.8) is 0 Å². The Morgan fingerprint density at radius 3 is 2.26 bits per heavy atom. The third-order valence-electron chi connectivity index (χ3n) is 5.98. The van der Waals surface area contributed by atoms with Gasteiger partial charge < -0.3 is 10.0 Å². The van der Waals surface area contributed by atoms with Gasteiger partial charge in [-0.15, -0.1) is 0 Å². The SMILES string of the molecule is CN1CC(=O)N(c2cccc(F)c2)CC12CCN(S(=O)(=O)c1ccccc1)C2.O=C(O)C(F)(F)F. The average Bonchev–Trinajstić information content (AvgIpc) is 3.23. The van der Waals surface area contributed by atoms with Crippen molar-refractivity contribution < 1.29 is 40.7 Å². The third-order valence-corrected chi connectivity index (χ3v) is 7.84. The molecule has 0 bridgehead atoms. The fraction of sp³-hybridized carbons (Fsp3) is 0.364. The van der Waals surface area contributed by atoms with Gasteiger partial charge in [-0.3, -0.25) is 9.69 Å². The highest BCUT2D eigenvalue weighted by atomic mass is 32.2. The largest absolute Gasteiger partial charge is 0.490 e. The molecule has 2 aliphatic heterocycles. The number of sulfonamides is 1. The number of nitrogens with zero attached hydrogens (tertiary/aromatic N) is 3. The van der Waals surface area contributed by atoms with Crippen LogP contribution in [0.15, 0.2) is 59.5 Å². The number of anilines is 1. The molecule has 0 aromatic heterocycles. The number of piperazine rings is 1. The summed E-state index contributed by atoms with van der Waals surface area (Å²) in [6.07, 6.45) is -4.48. The van der Waals surface area contributed by atoms with Crippen LogP contribution in [0.5, 0.6) is 0 Å². The maximum absolute atomic E-state index is 13.7. The third kappa shape index (κ3) is 5.80. The van der Waals surface area contributed by atoms with Crippen LogP contribution in [-0.4, -0.2) is 79.5 Å². The number of hydrogen-bond acceptors (Lipinski definition) is 5. The Bertz CT molecular complexity index is 1190. The first-order valence-corrected chi connectivity index (χ1v) is 11.8. The Balaban J connectivity index is 0.000000429. The number of carbonyl (C=O) groups is 2. The van der Waals surface area contributed by atoms with Gasteiger partial charge in [0.05, 0.1) is 17.0 Å². The molecule has 4 rings (SSSR count). The smallest absolute Gasteiger partial charge is 0.475 e. The number of hydrogen-bond donors (Lipinski definition) is 1. The lowest BCUT2D eigenvalue weighted by atomic mass is 9.92. The van der Waals surface area contributed by atoms with Crippen molar-refractivity contribution in [3.05, 3.63) is 60.4 Å². The minimum atomic E-state index is -5.08. The number of rotatable bonds is 3. The molecule has 13 heteroatoms. The molecule has 2 saturated heterocycles. The van der Waals surface area contributed by atoms with Crippen LogP contribution in [0.1, 0.15) is 6.42 Å². The van der Waals surface area contributed by atoms with Gasteiger partial charge in [0.2, 0.25) is 15.9 Å². The first-order chi connectivity index (χ1) is 16.3. The van der Waals surface area contributed by atoms with Gasteiger partial charge in [-0.1, -0.05) is 24.3 Å². The van der Waals surface area contributed by atoms with E-state index in [-0.39, 0.29) is 17.3 Å². The van der Waals surface area contributed by atoms with Gasteiger partial charge in [0, 0.05) is 25.3 Å². The summed E-state index contributed by atoms with van der Waals surface area (Å²) in [5, 5.41) is 7.12. The van der Waals surface area contributed by atoms with Crippen LogP contribution in [0.2, 0.25) is 0 Å². The van der Waals surface area contributed by atoms with Crippen molar-refractivity contribution in [2.45, 2.75) is 23.0 Å². The lowest BCUT2D eigenvalue weighted by Gasteiger charge is -2.46. The molecule has 0 aliphatic carbocycles. The summed E-state index contributed by atoms with van der Waals surface area (Å²) >= 11 is 0. The molecule has 1 atom stereocenters. The summed E-state index contributed by atoms with van der Waals surface area (Å²) in [4.78, 5) is 25.3. The maximum atomic E-state index is 13.7. The molecular formula is C22H23F4N3O5S. The van der Waals surface area contributed by atoms with Crippen molar-refractivity contribution in [2.24, 2.45) is 0 Å². The van der Waals surface area contributed by atoms with E-state index in [2.05, 4.69) is 0 Å². The topological polar surface area (TPSA) is 98.2 Å². The quantitative estimate of drug-likeness (QED) is 0.629. The zero-order chi connectivity index (χ0) is 26.0. The lowest BCUT2D eigenvalue weighted by Crippen LogP contribution is -2.64. The predicted octanol–water partition coefficient (Wildman–Crippen LogP) is 2.57. The fourth-order valence-electron chi connectivity index (χ4n) is 4.04. The van der Waals surface area contributed by atoms with E-state index in [9.17, 15) is 30.8 Å². The number of alkyl halides is 3. The van der Waals surface area contributed by atoms with Crippen LogP contribution in [0.3, 0.4) is 0 Å². The standard InChI is InChI=1S/C20H22FN3O3S.C2HF3O2/c1-22-13-19(25)24(17-7-5-6-16(21)12-17)15-20(22)10-11-23(14-20)28(26,27)18-8-3-2-4-9-18;3-2(4,5)1(6)7/h2-9,12H,10-11,13-15H2,1H3;(H,6,7). The summed E-state index contributed by atoms with van der Waals surface area (Å²) in [6, 6.07) is 14.3. The first kappa shape index (κ1) is 26.6. The van der Waals surface area contributed by atoms with Gasteiger partial charge in [-0.2, -0.15) is 17.5 Å². The fourth-order valence-corrected chi connectivity index (χ4v) is 5.59. The predicted molar refractivity (Wildman–Crippen MR) is 118 cm³/mol. The van der Waals surface area contributed by atoms with Gasteiger partial charge in [-0.05, 0) is 43.8 Å². The molecule has 2 fully saturated rings. The van der Waals surface area contributed by atoms with E-state index in [1.807, 2.05) is 11.9 Å². The van der Waals surface area contributed by atoms with Crippen molar-refractivity contribution in [1.82, 2.24) is 9.21 Å². The number of amides is 1. The number of carbonyl (C=O) groups excluding carboxylic acids is 1. The zero-order valence-electron chi connectivity index (χ0n) is 18.6. The number of carboxylic acid groups (broad SMARTS) is 1. The van der Waals surface area contributed by atoms with Crippen molar-refractivity contribution >= 4 is 27.6 Å². The zero-order valence-corrected chi connectivity index (χ0v) is 19.4. The molecule has 1 unspecified atom stereocenters. The van der Waals surface area contributed by atoms with Crippen LogP contribution >= 0.6 is 0 Å². The van der Waals surface area contributed by atoms with Crippen LogP contribution in [0.4, 0.5) is 23.2 Å². The Kier molecular flexibility index (Phi) is 7.53. The van der Waals surface area contributed by atoms with Crippen LogP contribution in [-0.2, 0) is 19.6 Å². The number of carboxylic acids is 1. The lowest BCUT2D eigenvalue weighted by molar-refractivity contribution is -0.192. The first-order valence-electron chi connectivity index (χ1n) is 10.4. The normalized spacial score (nSPS) is 21.6. The van der Waals surface area contributed by atoms with E-state index < -0.39 is 33.5 Å². The summed E-state index contributed by atoms with van der Waals surface area (Å²) in [5.41, 5.74) is 0.00377. The second kappa shape index (κ2) is 9.91. The minimum absolute atomic E-state index is 0.122. The van der Waals surface area contributed by atoms with E-state index in [4.69, 9.17) is 9.90 Å². The van der Waals surface area contributed by atoms with E-state index in [1.54, 1.807) is 47.4 Å². The Hall–Kier alpha value is -3.03. The summed E-state index contributed by atoms with van der Waals surface area (Å²) in [5.74, 6) is -3.28.